The lowest BCUT2D eigenvalue weighted by Gasteiger charge is -2.07. The fourth-order valence-corrected chi connectivity index (χ4v) is 4.71. The van der Waals surface area contributed by atoms with Gasteiger partial charge in [0.2, 0.25) is 5.78 Å². The molecule has 0 aliphatic rings. The van der Waals surface area contributed by atoms with Crippen LogP contribution in [0.2, 0.25) is 15.1 Å². The minimum atomic E-state index is -0.149. The molecule has 0 N–H and O–H groups in total. The Morgan fingerprint density at radius 2 is 1.62 bits per heavy atom. The number of hydrogen-bond donors (Lipinski definition) is 0. The molecule has 8 heteroatoms. The molecule has 0 bridgehead atoms. The summed E-state index contributed by atoms with van der Waals surface area (Å²) in [6.07, 6.45) is 1.83. The van der Waals surface area contributed by atoms with Crippen molar-refractivity contribution in [2.45, 2.75) is 32.7 Å². The molecule has 5 aromatic rings. The Morgan fingerprint density at radius 3 is 2.35 bits per heavy atom. The van der Waals surface area contributed by atoms with Gasteiger partial charge < -0.3 is 4.57 Å². The smallest absolute Gasteiger partial charge is 0.267 e. The van der Waals surface area contributed by atoms with Gasteiger partial charge in [-0.1, -0.05) is 46.4 Å². The second-order valence-electron chi connectivity index (χ2n) is 8.37. The molecule has 34 heavy (non-hydrogen) atoms. The van der Waals surface area contributed by atoms with Gasteiger partial charge in [0.15, 0.2) is 5.78 Å². The monoisotopic (exact) mass is 511 g/mol. The maximum atomic E-state index is 13.4. The second-order valence-corrected chi connectivity index (χ2v) is 9.62. The van der Waals surface area contributed by atoms with Crippen molar-refractivity contribution in [2.75, 3.05) is 0 Å². The van der Waals surface area contributed by atoms with Gasteiger partial charge in [-0.15, -0.1) is 0 Å². The minimum absolute atomic E-state index is 0.0735. The lowest BCUT2D eigenvalue weighted by molar-refractivity contribution is 0.0979. The van der Waals surface area contributed by atoms with Crippen LogP contribution in [0, 0.1) is 6.92 Å². The Hall–Kier alpha value is -2.86. The first-order valence-electron chi connectivity index (χ1n) is 10.9. The summed E-state index contributed by atoms with van der Waals surface area (Å²) < 4.78 is 3.57. The summed E-state index contributed by atoms with van der Waals surface area (Å²) in [5, 5.41) is 1.94. The van der Waals surface area contributed by atoms with Gasteiger partial charge in [-0.05, 0) is 68.3 Å². The lowest BCUT2D eigenvalue weighted by Crippen LogP contribution is -2.15. The number of halogens is 3. The molecule has 0 unspecified atom stereocenters. The van der Waals surface area contributed by atoms with Gasteiger partial charge in [0.1, 0.15) is 0 Å². The fourth-order valence-electron chi connectivity index (χ4n) is 4.27. The molecule has 0 amide bonds. The number of Topliss-reactive ketones (excluding diaryl/α,β-unsaturated/α-hetero) is 1. The van der Waals surface area contributed by atoms with Crippen molar-refractivity contribution in [3.63, 3.8) is 0 Å². The average molecular weight is 513 g/mol. The summed E-state index contributed by atoms with van der Waals surface area (Å²) >= 11 is 18.5. The maximum absolute atomic E-state index is 13.4. The highest BCUT2D eigenvalue weighted by molar-refractivity contribution is 6.42. The number of imidazole rings is 1. The molecule has 0 aliphatic carbocycles. The van der Waals surface area contributed by atoms with Crippen molar-refractivity contribution < 1.29 is 4.79 Å². The molecule has 0 saturated heterocycles. The van der Waals surface area contributed by atoms with E-state index in [2.05, 4.69) is 0 Å². The standard InChI is InChI=1S/C26H20Cl3N3O2/c1-15-5-10-21-18(12-15)25(34)32-23-14-20(29)19(28)13-22(23)31(26(32)30-21)11-3-2-4-24(33)16-6-8-17(27)9-7-16/h5-10,12-14H,2-4,11H2,1H3. The van der Waals surface area contributed by atoms with Crippen molar-refractivity contribution >= 4 is 68.3 Å². The van der Waals surface area contributed by atoms with Gasteiger partial charge in [0, 0.05) is 23.6 Å². The quantitative estimate of drug-likeness (QED) is 0.180. The molecule has 2 heterocycles. The zero-order valence-electron chi connectivity index (χ0n) is 18.3. The molecule has 0 saturated carbocycles. The van der Waals surface area contributed by atoms with Gasteiger partial charge >= 0.3 is 0 Å². The van der Waals surface area contributed by atoms with Crippen LogP contribution in [0.25, 0.3) is 27.7 Å². The van der Waals surface area contributed by atoms with Crippen molar-refractivity contribution in [2.24, 2.45) is 0 Å². The molecule has 0 aliphatic heterocycles. The van der Waals surface area contributed by atoms with E-state index in [4.69, 9.17) is 39.8 Å². The summed E-state index contributed by atoms with van der Waals surface area (Å²) in [6, 6.07) is 16.0. The molecular formula is C26H20Cl3N3O2. The van der Waals surface area contributed by atoms with Crippen LogP contribution in [-0.4, -0.2) is 19.7 Å². The number of unbranched alkanes of at least 4 members (excludes halogenated alkanes) is 1. The van der Waals surface area contributed by atoms with Crippen LogP contribution in [0.15, 0.2) is 59.4 Å². The Bertz CT molecular complexity index is 1640. The average Bonchev–Trinajstić information content (AvgIpc) is 3.10. The number of hydrogen-bond acceptors (Lipinski definition) is 3. The third-order valence-electron chi connectivity index (χ3n) is 6.00. The molecule has 3 aromatic carbocycles. The maximum Gasteiger partial charge on any atom is 0.267 e. The summed E-state index contributed by atoms with van der Waals surface area (Å²) in [5.74, 6) is 0.600. The zero-order valence-corrected chi connectivity index (χ0v) is 20.6. The molecule has 2 aromatic heterocycles. The highest BCUT2D eigenvalue weighted by Crippen LogP contribution is 2.30. The Kier molecular flexibility index (Phi) is 6.11. The van der Waals surface area contributed by atoms with Crippen LogP contribution in [0.1, 0.15) is 35.2 Å². The number of nitrogens with zero attached hydrogens (tertiary/aromatic N) is 3. The summed E-state index contributed by atoms with van der Waals surface area (Å²) in [5.41, 5.74) is 3.55. The second kappa shape index (κ2) is 9.06. The van der Waals surface area contributed by atoms with Crippen molar-refractivity contribution in [3.05, 3.63) is 91.1 Å². The number of benzene rings is 3. The van der Waals surface area contributed by atoms with E-state index in [0.29, 0.717) is 62.2 Å². The van der Waals surface area contributed by atoms with Crippen LogP contribution in [0.4, 0.5) is 0 Å². The molecule has 0 fully saturated rings. The van der Waals surface area contributed by atoms with Gasteiger partial charge in [-0.2, -0.15) is 0 Å². The van der Waals surface area contributed by atoms with E-state index in [-0.39, 0.29) is 11.3 Å². The predicted molar refractivity (Wildman–Crippen MR) is 139 cm³/mol. The fraction of sp³-hybridized carbons (Fsp3) is 0.192. The SMILES string of the molecule is Cc1ccc2nc3n(CCCCC(=O)c4ccc(Cl)cc4)c4cc(Cl)c(Cl)cc4n3c(=O)c2c1. The highest BCUT2D eigenvalue weighted by Gasteiger charge is 2.18. The van der Waals surface area contributed by atoms with E-state index >= 15 is 0 Å². The predicted octanol–water partition coefficient (Wildman–Crippen LogP) is 7.12. The van der Waals surface area contributed by atoms with Gasteiger partial charge in [0.25, 0.3) is 5.56 Å². The molecule has 0 radical (unpaired) electrons. The first-order chi connectivity index (χ1) is 16.3. The van der Waals surface area contributed by atoms with E-state index in [1.54, 1.807) is 40.8 Å². The van der Waals surface area contributed by atoms with Crippen molar-refractivity contribution in [3.8, 4) is 0 Å². The normalized spacial score (nSPS) is 11.6. The first kappa shape index (κ1) is 22.9. The minimum Gasteiger partial charge on any atom is -0.309 e. The molecular weight excluding hydrogens is 493 g/mol. The van der Waals surface area contributed by atoms with Gasteiger partial charge in [0.05, 0.1) is 32.0 Å². The van der Waals surface area contributed by atoms with Crippen LogP contribution in [0.3, 0.4) is 0 Å². The molecule has 0 atom stereocenters. The van der Waals surface area contributed by atoms with E-state index in [1.807, 2.05) is 29.7 Å². The van der Waals surface area contributed by atoms with Gasteiger partial charge in [-0.25, -0.2) is 9.38 Å². The van der Waals surface area contributed by atoms with Crippen LogP contribution in [0.5, 0.6) is 0 Å². The van der Waals surface area contributed by atoms with Crippen LogP contribution >= 0.6 is 34.8 Å². The van der Waals surface area contributed by atoms with E-state index in [1.165, 1.54) is 0 Å². The number of aromatic nitrogens is 3. The van der Waals surface area contributed by atoms with E-state index in [9.17, 15) is 9.59 Å². The summed E-state index contributed by atoms with van der Waals surface area (Å²) in [7, 11) is 0. The summed E-state index contributed by atoms with van der Waals surface area (Å²) in [4.78, 5) is 30.8. The number of carbonyl (C=O) groups excluding carboxylic acids is 1. The molecule has 5 nitrogen and oxygen atoms in total. The third-order valence-corrected chi connectivity index (χ3v) is 6.97. The van der Waals surface area contributed by atoms with Crippen molar-refractivity contribution in [1.82, 2.24) is 14.0 Å². The van der Waals surface area contributed by atoms with Crippen molar-refractivity contribution in [1.29, 1.82) is 0 Å². The number of ketones is 1. The Labute approximate surface area is 210 Å². The largest absolute Gasteiger partial charge is 0.309 e. The van der Waals surface area contributed by atoms with Crippen LogP contribution < -0.4 is 5.56 Å². The molecule has 5 rings (SSSR count). The zero-order chi connectivity index (χ0) is 24.0. The topological polar surface area (TPSA) is 56.4 Å². The number of fused-ring (bicyclic) bond motifs is 4. The molecule has 0 spiro atoms. The number of rotatable bonds is 6. The number of aryl methyl sites for hydroxylation is 2. The Morgan fingerprint density at radius 1 is 0.912 bits per heavy atom. The molecule has 172 valence electrons. The lowest BCUT2D eigenvalue weighted by atomic mass is 10.1. The highest BCUT2D eigenvalue weighted by atomic mass is 35.5. The third kappa shape index (κ3) is 4.09. The van der Waals surface area contributed by atoms with E-state index in [0.717, 1.165) is 17.5 Å². The Balaban J connectivity index is 1.51. The van der Waals surface area contributed by atoms with E-state index < -0.39 is 0 Å². The summed E-state index contributed by atoms with van der Waals surface area (Å²) in [6.45, 7) is 2.52. The van der Waals surface area contributed by atoms with Crippen LogP contribution in [-0.2, 0) is 6.54 Å². The van der Waals surface area contributed by atoms with Gasteiger partial charge in [-0.3, -0.25) is 9.59 Å². The number of carbonyl (C=O) groups is 1. The first-order valence-corrected chi connectivity index (χ1v) is 12.1.